The standard InChI is InChI=1S/C16H19N5O7S2/c1-11-10-14(27-2)18-15(17-11)19-16(22)20-29(23,24)12-6-3-4-7-13(12)30(25,26)21-8-5-9-28-21/h3-4,6-7,10H,5,8-9H2,1-2H3,(H2,17,18,19,20,22). The number of aryl methyl sites for hydroxylation is 1. The number of sulfonamides is 2. The highest BCUT2D eigenvalue weighted by atomic mass is 32.2. The van der Waals surface area contributed by atoms with Gasteiger partial charge in [-0.05, 0) is 25.5 Å². The van der Waals surface area contributed by atoms with Crippen LogP contribution in [0.15, 0.2) is 40.1 Å². The Labute approximate surface area is 173 Å². The van der Waals surface area contributed by atoms with Crippen LogP contribution in [0, 0.1) is 6.92 Å². The van der Waals surface area contributed by atoms with Gasteiger partial charge in [0.15, 0.2) is 0 Å². The molecule has 0 saturated carbocycles. The lowest BCUT2D eigenvalue weighted by Gasteiger charge is -2.17. The minimum atomic E-state index is -4.56. The number of hydrogen-bond donors (Lipinski definition) is 2. The number of carbonyl (C=O) groups is 1. The molecular formula is C16H19N5O7S2. The van der Waals surface area contributed by atoms with Crippen molar-refractivity contribution in [1.29, 1.82) is 0 Å². The first-order valence-corrected chi connectivity index (χ1v) is 11.5. The van der Waals surface area contributed by atoms with E-state index in [4.69, 9.17) is 9.57 Å². The number of amides is 2. The van der Waals surface area contributed by atoms with Gasteiger partial charge in [-0.1, -0.05) is 16.6 Å². The average molecular weight is 457 g/mol. The van der Waals surface area contributed by atoms with Gasteiger partial charge in [-0.25, -0.2) is 31.3 Å². The molecule has 12 nitrogen and oxygen atoms in total. The van der Waals surface area contributed by atoms with Crippen molar-refractivity contribution >= 4 is 32.0 Å². The Hall–Kier alpha value is -2.81. The summed E-state index contributed by atoms with van der Waals surface area (Å²) in [7, 11) is -7.43. The van der Waals surface area contributed by atoms with Gasteiger partial charge >= 0.3 is 6.03 Å². The summed E-state index contributed by atoms with van der Waals surface area (Å²) in [5.41, 5.74) is 0.474. The van der Waals surface area contributed by atoms with E-state index >= 15 is 0 Å². The fourth-order valence-electron chi connectivity index (χ4n) is 2.61. The van der Waals surface area contributed by atoms with Crippen molar-refractivity contribution in [3.63, 3.8) is 0 Å². The van der Waals surface area contributed by atoms with Gasteiger partial charge in [0.2, 0.25) is 11.8 Å². The van der Waals surface area contributed by atoms with Crippen molar-refractivity contribution in [2.75, 3.05) is 25.6 Å². The van der Waals surface area contributed by atoms with Gasteiger partial charge in [0, 0.05) is 18.3 Å². The molecule has 1 saturated heterocycles. The zero-order valence-corrected chi connectivity index (χ0v) is 17.7. The van der Waals surface area contributed by atoms with E-state index in [1.165, 1.54) is 25.3 Å². The molecule has 162 valence electrons. The highest BCUT2D eigenvalue weighted by molar-refractivity contribution is 7.92. The molecule has 1 fully saturated rings. The van der Waals surface area contributed by atoms with Crippen LogP contribution in [0.4, 0.5) is 10.7 Å². The minimum absolute atomic E-state index is 0.0944. The van der Waals surface area contributed by atoms with E-state index < -0.39 is 35.9 Å². The molecule has 0 atom stereocenters. The maximum Gasteiger partial charge on any atom is 0.335 e. The predicted octanol–water partition coefficient (Wildman–Crippen LogP) is 0.630. The van der Waals surface area contributed by atoms with E-state index in [1.807, 2.05) is 0 Å². The lowest BCUT2D eigenvalue weighted by atomic mass is 10.4. The van der Waals surface area contributed by atoms with Crippen molar-refractivity contribution < 1.29 is 31.2 Å². The van der Waals surface area contributed by atoms with Gasteiger partial charge in [-0.15, -0.1) is 0 Å². The first-order chi connectivity index (χ1) is 14.1. The van der Waals surface area contributed by atoms with Crippen LogP contribution in [-0.2, 0) is 24.9 Å². The summed E-state index contributed by atoms with van der Waals surface area (Å²) in [6, 6.07) is 5.25. The maximum absolute atomic E-state index is 12.8. The summed E-state index contributed by atoms with van der Waals surface area (Å²) in [5, 5.41) is 2.18. The van der Waals surface area contributed by atoms with Gasteiger partial charge in [0.05, 0.1) is 13.7 Å². The zero-order valence-electron chi connectivity index (χ0n) is 16.0. The molecule has 1 aliphatic rings. The lowest BCUT2D eigenvalue weighted by molar-refractivity contribution is -0.0286. The molecule has 0 bridgehead atoms. The maximum atomic E-state index is 12.8. The van der Waals surface area contributed by atoms with Crippen LogP contribution in [0.25, 0.3) is 0 Å². The first kappa shape index (κ1) is 21.9. The number of rotatable bonds is 6. The van der Waals surface area contributed by atoms with E-state index in [0.29, 0.717) is 12.1 Å². The van der Waals surface area contributed by atoms with Crippen molar-refractivity contribution in [2.45, 2.75) is 23.1 Å². The lowest BCUT2D eigenvalue weighted by Crippen LogP contribution is -2.36. The van der Waals surface area contributed by atoms with Gasteiger partial charge in [-0.3, -0.25) is 10.2 Å². The van der Waals surface area contributed by atoms with Gasteiger partial charge in [0.1, 0.15) is 9.79 Å². The third kappa shape index (κ3) is 4.67. The number of nitrogens with one attached hydrogen (secondary N) is 2. The second-order valence-electron chi connectivity index (χ2n) is 6.10. The smallest absolute Gasteiger partial charge is 0.335 e. The Morgan fingerprint density at radius 2 is 1.87 bits per heavy atom. The third-order valence-electron chi connectivity index (χ3n) is 3.90. The molecule has 1 aliphatic heterocycles. The van der Waals surface area contributed by atoms with Crippen LogP contribution >= 0.6 is 0 Å². The van der Waals surface area contributed by atoms with Crippen LogP contribution < -0.4 is 14.8 Å². The fraction of sp³-hybridized carbons (Fsp3) is 0.312. The number of nitrogens with zero attached hydrogens (tertiary/aromatic N) is 3. The Kier molecular flexibility index (Phi) is 6.21. The molecule has 0 radical (unpaired) electrons. The number of anilines is 1. The molecule has 0 unspecified atom stereocenters. The summed E-state index contributed by atoms with van der Waals surface area (Å²) in [4.78, 5) is 24.0. The monoisotopic (exact) mass is 457 g/mol. The number of urea groups is 1. The van der Waals surface area contributed by atoms with Crippen molar-refractivity contribution in [2.24, 2.45) is 0 Å². The molecule has 2 amide bonds. The Bertz CT molecular complexity index is 1160. The number of ether oxygens (including phenoxy) is 1. The van der Waals surface area contributed by atoms with Crippen LogP contribution in [0.2, 0.25) is 0 Å². The number of benzene rings is 1. The first-order valence-electron chi connectivity index (χ1n) is 8.61. The Morgan fingerprint density at radius 1 is 1.17 bits per heavy atom. The van der Waals surface area contributed by atoms with Crippen LogP contribution in [0.1, 0.15) is 12.1 Å². The Morgan fingerprint density at radius 3 is 2.50 bits per heavy atom. The number of carbonyl (C=O) groups excluding carboxylic acids is 1. The number of hydrogen-bond acceptors (Lipinski definition) is 9. The molecule has 0 aliphatic carbocycles. The Balaban J connectivity index is 1.86. The topological polar surface area (TPSA) is 157 Å². The van der Waals surface area contributed by atoms with E-state index in [9.17, 15) is 21.6 Å². The minimum Gasteiger partial charge on any atom is -0.481 e. The summed E-state index contributed by atoms with van der Waals surface area (Å²) in [6.07, 6.45) is 0.481. The zero-order chi connectivity index (χ0) is 21.9. The summed E-state index contributed by atoms with van der Waals surface area (Å²) in [5.74, 6) is -0.0198. The van der Waals surface area contributed by atoms with Gasteiger partial charge in [-0.2, -0.15) is 4.98 Å². The molecular weight excluding hydrogens is 438 g/mol. The molecule has 2 aromatic rings. The van der Waals surface area contributed by atoms with Crippen molar-refractivity contribution in [3.8, 4) is 5.88 Å². The van der Waals surface area contributed by atoms with E-state index in [2.05, 4.69) is 15.3 Å². The largest absolute Gasteiger partial charge is 0.481 e. The molecule has 2 N–H and O–H groups in total. The van der Waals surface area contributed by atoms with E-state index in [0.717, 1.165) is 16.6 Å². The third-order valence-corrected chi connectivity index (χ3v) is 7.15. The van der Waals surface area contributed by atoms with Crippen molar-refractivity contribution in [1.82, 2.24) is 19.2 Å². The summed E-state index contributed by atoms with van der Waals surface area (Å²) < 4.78 is 58.5. The number of methoxy groups -OCH3 is 1. The van der Waals surface area contributed by atoms with Gasteiger partial charge in [0.25, 0.3) is 20.0 Å². The quantitative estimate of drug-likeness (QED) is 0.635. The molecule has 0 spiro atoms. The highest BCUT2D eigenvalue weighted by Gasteiger charge is 2.34. The van der Waals surface area contributed by atoms with Crippen molar-refractivity contribution in [3.05, 3.63) is 36.0 Å². The fourth-order valence-corrected chi connectivity index (χ4v) is 5.63. The summed E-state index contributed by atoms with van der Waals surface area (Å²) in [6.45, 7) is 1.93. The molecule has 1 aromatic carbocycles. The van der Waals surface area contributed by atoms with Gasteiger partial charge < -0.3 is 4.74 Å². The molecule has 14 heteroatoms. The second-order valence-corrected chi connectivity index (χ2v) is 9.55. The molecule has 2 heterocycles. The predicted molar refractivity (Wildman–Crippen MR) is 104 cm³/mol. The molecule has 3 rings (SSSR count). The summed E-state index contributed by atoms with van der Waals surface area (Å²) >= 11 is 0. The number of hydroxylamine groups is 1. The normalized spacial score (nSPS) is 15.0. The SMILES string of the molecule is COc1cc(C)nc(NC(=O)NS(=O)(=O)c2ccccc2S(=O)(=O)N2CCCO2)n1. The van der Waals surface area contributed by atoms with Crippen LogP contribution in [-0.4, -0.2) is 57.6 Å². The second kappa shape index (κ2) is 8.51. The van der Waals surface area contributed by atoms with E-state index in [1.54, 1.807) is 11.6 Å². The van der Waals surface area contributed by atoms with Crippen LogP contribution in [0.3, 0.4) is 0 Å². The number of aromatic nitrogens is 2. The average Bonchev–Trinajstić information content (AvgIpc) is 3.22. The highest BCUT2D eigenvalue weighted by Crippen LogP contribution is 2.26. The molecule has 30 heavy (non-hydrogen) atoms. The van der Waals surface area contributed by atoms with E-state index in [-0.39, 0.29) is 25.0 Å². The van der Waals surface area contributed by atoms with Crippen LogP contribution in [0.5, 0.6) is 5.88 Å². The molecule has 1 aromatic heterocycles.